The Kier molecular flexibility index (Phi) is 8.68. The lowest BCUT2D eigenvalue weighted by atomic mass is 10.1. The van der Waals surface area contributed by atoms with Gasteiger partial charge in [-0.2, -0.15) is 0 Å². The first-order valence-electron chi connectivity index (χ1n) is 9.41. The Morgan fingerprint density at radius 3 is 2.63 bits per heavy atom. The van der Waals surface area contributed by atoms with E-state index in [9.17, 15) is 8.42 Å². The van der Waals surface area contributed by atoms with E-state index in [-0.39, 0.29) is 35.6 Å². The van der Waals surface area contributed by atoms with Crippen LogP contribution >= 0.6 is 35.6 Å². The maximum Gasteiger partial charge on any atom is 0.191 e. The number of guanidine groups is 1. The average molecular weight is 526 g/mol. The van der Waals surface area contributed by atoms with Gasteiger partial charge in [0.15, 0.2) is 15.8 Å². The molecule has 0 radical (unpaired) electrons. The molecule has 27 heavy (non-hydrogen) atoms. The van der Waals surface area contributed by atoms with Crippen molar-refractivity contribution in [1.29, 1.82) is 0 Å². The van der Waals surface area contributed by atoms with Gasteiger partial charge in [0.1, 0.15) is 0 Å². The minimum absolute atomic E-state index is 0. The van der Waals surface area contributed by atoms with E-state index in [1.54, 1.807) is 0 Å². The molecule has 1 aromatic rings. The first-order chi connectivity index (χ1) is 12.4. The van der Waals surface area contributed by atoms with E-state index in [0.29, 0.717) is 24.9 Å². The predicted octanol–water partition coefficient (Wildman–Crippen LogP) is 3.68. The summed E-state index contributed by atoms with van der Waals surface area (Å²) in [5, 5.41) is 7.66. The highest BCUT2D eigenvalue weighted by molar-refractivity contribution is 14.0. The van der Waals surface area contributed by atoms with E-state index in [0.717, 1.165) is 28.5 Å². The highest BCUT2D eigenvalue weighted by Gasteiger charge is 2.28. The molecule has 1 atom stereocenters. The summed E-state index contributed by atoms with van der Waals surface area (Å²) in [4.78, 5) is 4.73. The fraction of sp³-hybridized carbons (Fsp3) is 0.632. The van der Waals surface area contributed by atoms with Gasteiger partial charge in [-0.1, -0.05) is 36.6 Å². The topological polar surface area (TPSA) is 70.6 Å². The van der Waals surface area contributed by atoms with Crippen LogP contribution in [0.25, 0.3) is 0 Å². The quantitative estimate of drug-likeness (QED) is 0.350. The largest absolute Gasteiger partial charge is 0.356 e. The van der Waals surface area contributed by atoms with Crippen molar-refractivity contribution in [3.63, 3.8) is 0 Å². The second-order valence-corrected chi connectivity index (χ2v) is 10.2. The van der Waals surface area contributed by atoms with E-state index in [2.05, 4.69) is 16.7 Å². The van der Waals surface area contributed by atoms with Crippen LogP contribution in [0.2, 0.25) is 5.02 Å². The summed E-state index contributed by atoms with van der Waals surface area (Å²) < 4.78 is 23.3. The van der Waals surface area contributed by atoms with Crippen LogP contribution in [0.5, 0.6) is 0 Å². The van der Waals surface area contributed by atoms with Crippen molar-refractivity contribution in [2.75, 3.05) is 18.1 Å². The molecule has 5 nitrogen and oxygen atoms in total. The van der Waals surface area contributed by atoms with Crippen molar-refractivity contribution in [3.05, 3.63) is 34.3 Å². The van der Waals surface area contributed by atoms with Crippen molar-refractivity contribution in [2.45, 2.75) is 51.6 Å². The second-order valence-electron chi connectivity index (χ2n) is 7.52. The first-order valence-corrected chi connectivity index (χ1v) is 11.6. The second kappa shape index (κ2) is 10.3. The molecule has 1 heterocycles. The Balaban J connectivity index is 0.00000261. The van der Waals surface area contributed by atoms with Gasteiger partial charge in [0.2, 0.25) is 0 Å². The van der Waals surface area contributed by atoms with Gasteiger partial charge in [0.25, 0.3) is 0 Å². The van der Waals surface area contributed by atoms with E-state index in [4.69, 9.17) is 16.6 Å². The Labute approximate surface area is 184 Å². The third-order valence-corrected chi connectivity index (χ3v) is 7.48. The molecule has 2 N–H and O–H groups in total. The summed E-state index contributed by atoms with van der Waals surface area (Å²) in [6.07, 6.45) is 5.57. The molecule has 1 aliphatic heterocycles. The van der Waals surface area contributed by atoms with Crippen LogP contribution in [-0.2, 0) is 16.4 Å². The molecule has 1 saturated carbocycles. The normalized spacial score (nSPS) is 22.4. The van der Waals surface area contributed by atoms with E-state index in [1.807, 2.05) is 19.1 Å². The lowest BCUT2D eigenvalue weighted by Crippen LogP contribution is -2.44. The Morgan fingerprint density at radius 2 is 2.00 bits per heavy atom. The highest BCUT2D eigenvalue weighted by atomic mass is 127. The minimum Gasteiger partial charge on any atom is -0.356 e. The summed E-state index contributed by atoms with van der Waals surface area (Å²) in [5.41, 5.74) is 2.16. The number of rotatable bonds is 5. The number of aliphatic imine (C=N–C) groups is 1. The van der Waals surface area contributed by atoms with Crippen LogP contribution < -0.4 is 10.6 Å². The molecular formula is C19H29ClIN3O2S. The number of nitrogens with one attached hydrogen (secondary N) is 2. The molecule has 1 saturated heterocycles. The van der Waals surface area contributed by atoms with Gasteiger partial charge in [-0.15, -0.1) is 24.0 Å². The van der Waals surface area contributed by atoms with Crippen LogP contribution in [0, 0.1) is 12.8 Å². The molecule has 0 aromatic heterocycles. The third-order valence-electron chi connectivity index (χ3n) is 5.22. The summed E-state index contributed by atoms with van der Waals surface area (Å²) in [7, 11) is -2.84. The number of aryl methyl sites for hydroxylation is 1. The van der Waals surface area contributed by atoms with E-state index in [1.165, 1.54) is 25.7 Å². The fourth-order valence-electron chi connectivity index (χ4n) is 3.67. The first kappa shape index (κ1) is 22.7. The van der Waals surface area contributed by atoms with E-state index < -0.39 is 9.84 Å². The van der Waals surface area contributed by atoms with Gasteiger partial charge in [-0.25, -0.2) is 13.4 Å². The van der Waals surface area contributed by atoms with Crippen molar-refractivity contribution in [2.24, 2.45) is 10.9 Å². The molecule has 1 aliphatic carbocycles. The predicted molar refractivity (Wildman–Crippen MR) is 123 cm³/mol. The van der Waals surface area contributed by atoms with Crippen molar-refractivity contribution >= 4 is 51.4 Å². The lowest BCUT2D eigenvalue weighted by molar-refractivity contribution is 0.553. The van der Waals surface area contributed by atoms with E-state index >= 15 is 0 Å². The lowest BCUT2D eigenvalue weighted by Gasteiger charge is -2.19. The molecule has 2 fully saturated rings. The zero-order valence-electron chi connectivity index (χ0n) is 15.7. The summed E-state index contributed by atoms with van der Waals surface area (Å²) >= 11 is 6.09. The number of hydrogen-bond donors (Lipinski definition) is 2. The maximum atomic E-state index is 11.7. The number of hydrogen-bond acceptors (Lipinski definition) is 3. The number of sulfone groups is 1. The van der Waals surface area contributed by atoms with Crippen molar-refractivity contribution in [3.8, 4) is 0 Å². The summed E-state index contributed by atoms with van der Waals surface area (Å²) in [6, 6.07) is 6.42. The van der Waals surface area contributed by atoms with Gasteiger partial charge < -0.3 is 10.6 Å². The van der Waals surface area contributed by atoms with Gasteiger partial charge >= 0.3 is 0 Å². The molecule has 8 heteroatoms. The summed E-state index contributed by atoms with van der Waals surface area (Å²) in [5.74, 6) is 1.56. The fourth-order valence-corrected chi connectivity index (χ4v) is 5.64. The molecule has 2 aliphatic rings. The van der Waals surface area contributed by atoms with Crippen LogP contribution in [0.4, 0.5) is 0 Å². The van der Waals surface area contributed by atoms with Crippen LogP contribution in [-0.4, -0.2) is 38.5 Å². The Hall–Kier alpha value is -0.540. The van der Waals surface area contributed by atoms with Crippen molar-refractivity contribution in [1.82, 2.24) is 10.6 Å². The Bertz CT molecular complexity index is 764. The van der Waals surface area contributed by atoms with Crippen LogP contribution in [0.1, 0.15) is 43.2 Å². The molecule has 0 spiro atoms. The molecule has 3 rings (SSSR count). The maximum absolute atomic E-state index is 11.7. The van der Waals surface area contributed by atoms with Gasteiger partial charge in [0, 0.05) is 17.6 Å². The zero-order chi connectivity index (χ0) is 18.6. The smallest absolute Gasteiger partial charge is 0.191 e. The average Bonchev–Trinajstić information content (AvgIpc) is 3.22. The van der Waals surface area contributed by atoms with Crippen LogP contribution in [0.15, 0.2) is 23.2 Å². The summed E-state index contributed by atoms with van der Waals surface area (Å²) in [6.45, 7) is 3.21. The van der Waals surface area contributed by atoms with Crippen LogP contribution in [0.3, 0.4) is 0 Å². The monoisotopic (exact) mass is 525 g/mol. The highest BCUT2D eigenvalue weighted by Crippen LogP contribution is 2.19. The zero-order valence-corrected chi connectivity index (χ0v) is 19.6. The molecule has 0 amide bonds. The number of halogens is 2. The number of benzene rings is 1. The molecule has 0 bridgehead atoms. The number of nitrogens with zero attached hydrogens (tertiary/aromatic N) is 1. The SMILES string of the molecule is Cc1cc(CN=C(NCC2CCS(=O)(=O)C2)NC2CCCC2)ccc1Cl.I. The standard InChI is InChI=1S/C19H28ClN3O2S.HI/c1-14-10-15(6-7-18(14)20)11-21-19(23-17-4-2-3-5-17)22-12-16-8-9-26(24,25)13-16;/h6-7,10,16-17H,2-5,8-9,11-13H2,1H3,(H2,21,22,23);1H. The molecule has 1 unspecified atom stereocenters. The van der Waals surface area contributed by atoms with Gasteiger partial charge in [-0.3, -0.25) is 0 Å². The minimum atomic E-state index is -2.84. The third kappa shape index (κ3) is 7.09. The molecule has 1 aromatic carbocycles. The molecule has 152 valence electrons. The van der Waals surface area contributed by atoms with Crippen molar-refractivity contribution < 1.29 is 8.42 Å². The van der Waals surface area contributed by atoms with Gasteiger partial charge in [-0.05, 0) is 49.3 Å². The van der Waals surface area contributed by atoms with Gasteiger partial charge in [0.05, 0.1) is 18.1 Å². The Morgan fingerprint density at radius 1 is 1.26 bits per heavy atom. The molecular weight excluding hydrogens is 497 g/mol.